The van der Waals surface area contributed by atoms with Gasteiger partial charge in [-0.3, -0.25) is 4.79 Å². The second-order valence-corrected chi connectivity index (χ2v) is 4.75. The summed E-state index contributed by atoms with van der Waals surface area (Å²) in [4.78, 5) is 28.7. The van der Waals surface area contributed by atoms with E-state index in [1.54, 1.807) is 19.1 Å². The lowest BCUT2D eigenvalue weighted by Crippen LogP contribution is -2.39. The molecule has 1 aliphatic rings. The fourth-order valence-corrected chi connectivity index (χ4v) is 2.30. The normalized spacial score (nSPS) is 18.6. The van der Waals surface area contributed by atoms with Crippen LogP contribution in [0, 0.1) is 5.92 Å². The Labute approximate surface area is 117 Å². The van der Waals surface area contributed by atoms with Crippen LogP contribution in [-0.4, -0.2) is 41.7 Å². The van der Waals surface area contributed by atoms with E-state index in [9.17, 15) is 9.59 Å². The van der Waals surface area contributed by atoms with Gasteiger partial charge in [0.1, 0.15) is 5.82 Å². The van der Waals surface area contributed by atoms with Gasteiger partial charge in [-0.15, -0.1) is 0 Å². The first-order valence-corrected chi connectivity index (χ1v) is 6.72. The number of anilines is 1. The third kappa shape index (κ3) is 3.26. The molecule has 1 saturated heterocycles. The minimum Gasteiger partial charge on any atom is -0.481 e. The number of piperidine rings is 1. The molecule has 0 spiro atoms. The Kier molecular flexibility index (Phi) is 4.55. The van der Waals surface area contributed by atoms with E-state index in [1.165, 1.54) is 6.20 Å². The van der Waals surface area contributed by atoms with Crippen molar-refractivity contribution < 1.29 is 19.4 Å². The number of hydrogen-bond acceptors (Lipinski definition) is 5. The highest BCUT2D eigenvalue weighted by Gasteiger charge is 2.26. The first-order chi connectivity index (χ1) is 9.61. The number of carboxylic acid groups (broad SMARTS) is 1. The van der Waals surface area contributed by atoms with Gasteiger partial charge in [0.2, 0.25) is 0 Å². The third-order valence-corrected chi connectivity index (χ3v) is 3.35. The smallest absolute Gasteiger partial charge is 0.339 e. The van der Waals surface area contributed by atoms with Crippen LogP contribution < -0.4 is 4.90 Å². The molecule has 0 saturated carbocycles. The topological polar surface area (TPSA) is 79.7 Å². The summed E-state index contributed by atoms with van der Waals surface area (Å²) in [6.07, 6.45) is 3.00. The Morgan fingerprint density at radius 2 is 2.30 bits per heavy atom. The standard InChI is InChI=1S/C14H18N2O4/c1-2-20-14(19)10-5-6-12(15-8-10)16-7-3-4-11(9-16)13(17)18/h5-6,8,11H,2-4,7,9H2,1H3,(H,17,18). The summed E-state index contributed by atoms with van der Waals surface area (Å²) < 4.78 is 4.89. The van der Waals surface area contributed by atoms with Gasteiger partial charge in [0.15, 0.2) is 0 Å². The van der Waals surface area contributed by atoms with E-state index in [4.69, 9.17) is 9.84 Å². The van der Waals surface area contributed by atoms with Crippen LogP contribution in [0.3, 0.4) is 0 Å². The molecular weight excluding hydrogens is 260 g/mol. The molecular formula is C14H18N2O4. The fraction of sp³-hybridized carbons (Fsp3) is 0.500. The highest BCUT2D eigenvalue weighted by molar-refractivity contribution is 5.89. The second-order valence-electron chi connectivity index (χ2n) is 4.75. The van der Waals surface area contributed by atoms with E-state index >= 15 is 0 Å². The molecule has 1 aromatic rings. The molecule has 2 rings (SSSR count). The summed E-state index contributed by atoms with van der Waals surface area (Å²) in [5.74, 6) is -0.814. The van der Waals surface area contributed by atoms with Crippen molar-refractivity contribution in [3.8, 4) is 0 Å². The first kappa shape index (κ1) is 14.3. The Bertz CT molecular complexity index is 486. The first-order valence-electron chi connectivity index (χ1n) is 6.72. The molecule has 108 valence electrons. The zero-order valence-electron chi connectivity index (χ0n) is 11.4. The van der Waals surface area contributed by atoms with Crippen LogP contribution in [-0.2, 0) is 9.53 Å². The number of esters is 1. The molecule has 1 aliphatic heterocycles. The van der Waals surface area contributed by atoms with Gasteiger partial charge < -0.3 is 14.7 Å². The van der Waals surface area contributed by atoms with Crippen molar-refractivity contribution in [1.82, 2.24) is 4.98 Å². The summed E-state index contributed by atoms with van der Waals surface area (Å²) in [6, 6.07) is 3.39. The minimum atomic E-state index is -0.766. The molecule has 0 bridgehead atoms. The van der Waals surface area contributed by atoms with E-state index in [1.807, 2.05) is 4.90 Å². The van der Waals surface area contributed by atoms with Crippen LogP contribution in [0.15, 0.2) is 18.3 Å². The summed E-state index contributed by atoms with van der Waals surface area (Å²) in [6.45, 7) is 3.32. The van der Waals surface area contributed by atoms with Crippen molar-refractivity contribution in [1.29, 1.82) is 0 Å². The number of pyridine rings is 1. The molecule has 20 heavy (non-hydrogen) atoms. The number of aromatic nitrogens is 1. The minimum absolute atomic E-state index is 0.326. The molecule has 6 heteroatoms. The van der Waals surface area contributed by atoms with Crippen LogP contribution in [0.5, 0.6) is 0 Å². The average molecular weight is 278 g/mol. The molecule has 1 fully saturated rings. The van der Waals surface area contributed by atoms with Gasteiger partial charge >= 0.3 is 11.9 Å². The zero-order valence-corrected chi connectivity index (χ0v) is 11.4. The number of ether oxygens (including phenoxy) is 1. The number of nitrogens with zero attached hydrogens (tertiary/aromatic N) is 2. The molecule has 1 aromatic heterocycles. The van der Waals surface area contributed by atoms with Crippen LogP contribution in [0.2, 0.25) is 0 Å². The van der Waals surface area contributed by atoms with Gasteiger partial charge in [-0.25, -0.2) is 9.78 Å². The maximum Gasteiger partial charge on any atom is 0.339 e. The van der Waals surface area contributed by atoms with Crippen LogP contribution in [0.4, 0.5) is 5.82 Å². The monoisotopic (exact) mass is 278 g/mol. The maximum absolute atomic E-state index is 11.5. The van der Waals surface area contributed by atoms with E-state index in [-0.39, 0.29) is 5.92 Å². The Morgan fingerprint density at radius 3 is 2.90 bits per heavy atom. The van der Waals surface area contributed by atoms with Crippen LogP contribution in [0.25, 0.3) is 0 Å². The predicted octanol–water partition coefficient (Wildman–Crippen LogP) is 1.56. The van der Waals surface area contributed by atoms with Crippen molar-refractivity contribution in [3.63, 3.8) is 0 Å². The number of rotatable bonds is 4. The lowest BCUT2D eigenvalue weighted by Gasteiger charge is -2.31. The highest BCUT2D eigenvalue weighted by atomic mass is 16.5. The molecule has 2 heterocycles. The predicted molar refractivity (Wildman–Crippen MR) is 72.8 cm³/mol. The third-order valence-electron chi connectivity index (χ3n) is 3.35. The van der Waals surface area contributed by atoms with Crippen molar-refractivity contribution in [2.24, 2.45) is 5.92 Å². The summed E-state index contributed by atoms with van der Waals surface area (Å²) in [5, 5.41) is 9.07. The molecule has 0 radical (unpaired) electrons. The van der Waals surface area contributed by atoms with Crippen molar-refractivity contribution in [2.45, 2.75) is 19.8 Å². The summed E-state index contributed by atoms with van der Waals surface area (Å²) in [7, 11) is 0. The van der Waals surface area contributed by atoms with Crippen molar-refractivity contribution in [2.75, 3.05) is 24.6 Å². The van der Waals surface area contributed by atoms with Gasteiger partial charge in [-0.2, -0.15) is 0 Å². The van der Waals surface area contributed by atoms with E-state index < -0.39 is 11.9 Å². The van der Waals surface area contributed by atoms with Gasteiger partial charge in [0, 0.05) is 19.3 Å². The summed E-state index contributed by atoms with van der Waals surface area (Å²) >= 11 is 0. The molecule has 0 aromatic carbocycles. The number of carboxylic acids is 1. The second kappa shape index (κ2) is 6.36. The Balaban J connectivity index is 2.06. The van der Waals surface area contributed by atoms with Crippen LogP contribution in [0.1, 0.15) is 30.1 Å². The average Bonchev–Trinajstić information content (AvgIpc) is 2.48. The molecule has 1 unspecified atom stereocenters. The SMILES string of the molecule is CCOC(=O)c1ccc(N2CCCC(C(=O)O)C2)nc1. The number of hydrogen-bond donors (Lipinski definition) is 1. The van der Waals surface area contributed by atoms with Gasteiger partial charge in [0.05, 0.1) is 18.1 Å². The molecule has 1 atom stereocenters. The van der Waals surface area contributed by atoms with Gasteiger partial charge in [-0.1, -0.05) is 0 Å². The van der Waals surface area contributed by atoms with Crippen LogP contribution >= 0.6 is 0 Å². The summed E-state index contributed by atoms with van der Waals surface area (Å²) in [5.41, 5.74) is 0.405. The lowest BCUT2D eigenvalue weighted by atomic mass is 9.98. The number of carbonyl (C=O) groups excluding carboxylic acids is 1. The lowest BCUT2D eigenvalue weighted by molar-refractivity contribution is -0.141. The Morgan fingerprint density at radius 1 is 1.50 bits per heavy atom. The molecule has 6 nitrogen and oxygen atoms in total. The number of aliphatic carboxylic acids is 1. The van der Waals surface area contributed by atoms with Crippen molar-refractivity contribution in [3.05, 3.63) is 23.9 Å². The van der Waals surface area contributed by atoms with Gasteiger partial charge in [-0.05, 0) is 31.9 Å². The maximum atomic E-state index is 11.5. The van der Waals surface area contributed by atoms with E-state index in [2.05, 4.69) is 4.98 Å². The number of carbonyl (C=O) groups is 2. The van der Waals surface area contributed by atoms with Gasteiger partial charge in [0.25, 0.3) is 0 Å². The Hall–Kier alpha value is -2.11. The molecule has 0 amide bonds. The van der Waals surface area contributed by atoms with E-state index in [0.717, 1.165) is 13.0 Å². The highest BCUT2D eigenvalue weighted by Crippen LogP contribution is 2.22. The molecule has 1 N–H and O–H groups in total. The largest absolute Gasteiger partial charge is 0.481 e. The quantitative estimate of drug-likeness (QED) is 0.842. The molecule has 0 aliphatic carbocycles. The zero-order chi connectivity index (χ0) is 14.5. The van der Waals surface area contributed by atoms with E-state index in [0.29, 0.717) is 31.0 Å². The fourth-order valence-electron chi connectivity index (χ4n) is 2.30. The van der Waals surface area contributed by atoms with Crippen molar-refractivity contribution >= 4 is 17.8 Å².